The van der Waals surface area contributed by atoms with E-state index in [1.54, 1.807) is 0 Å². The van der Waals surface area contributed by atoms with E-state index < -0.39 is 0 Å². The molecule has 0 heterocycles. The van der Waals surface area contributed by atoms with Gasteiger partial charge in [0.05, 0.1) is 0 Å². The second-order valence-electron chi connectivity index (χ2n) is 8.95. The van der Waals surface area contributed by atoms with Gasteiger partial charge in [-0.3, -0.25) is 4.79 Å². The Kier molecular flexibility index (Phi) is 5.48. The van der Waals surface area contributed by atoms with Crippen LogP contribution in [-0.4, -0.2) is 5.78 Å². The van der Waals surface area contributed by atoms with Crippen LogP contribution >= 0.6 is 0 Å². The highest BCUT2D eigenvalue weighted by Gasteiger charge is 2.30. The molecule has 0 amide bonds. The average Bonchev–Trinajstić information content (AvgIpc) is 2.66. The average molecular weight is 373 g/mol. The predicted molar refractivity (Wildman–Crippen MR) is 121 cm³/mol. The van der Waals surface area contributed by atoms with E-state index in [2.05, 4.69) is 59.4 Å². The van der Waals surface area contributed by atoms with Crippen LogP contribution in [0.5, 0.6) is 0 Å². The Balaban J connectivity index is 2.06. The SMILES string of the molecule is C=C(c1ccc(C(=O)CC)cc1)c1cc2c(cc1C)C(C)(C)CC=C2C(C)C. The fraction of sp³-hybridized carbons (Fsp3) is 0.370. The number of aryl methyl sites for hydroxylation is 1. The van der Waals surface area contributed by atoms with Crippen LogP contribution in [-0.2, 0) is 5.41 Å². The fourth-order valence-electron chi connectivity index (χ4n) is 4.18. The lowest BCUT2D eigenvalue weighted by molar-refractivity contribution is 0.0988. The zero-order valence-electron chi connectivity index (χ0n) is 18.1. The van der Waals surface area contributed by atoms with Gasteiger partial charge >= 0.3 is 0 Å². The molecule has 0 unspecified atom stereocenters. The lowest BCUT2D eigenvalue weighted by atomic mass is 9.70. The number of hydrogen-bond donors (Lipinski definition) is 0. The molecule has 0 spiro atoms. The Morgan fingerprint density at radius 2 is 1.71 bits per heavy atom. The van der Waals surface area contributed by atoms with Gasteiger partial charge in [0.25, 0.3) is 0 Å². The number of hydrogen-bond acceptors (Lipinski definition) is 1. The molecule has 146 valence electrons. The van der Waals surface area contributed by atoms with E-state index in [4.69, 9.17) is 0 Å². The first-order valence-corrected chi connectivity index (χ1v) is 10.3. The summed E-state index contributed by atoms with van der Waals surface area (Å²) in [5.41, 5.74) is 9.71. The topological polar surface area (TPSA) is 17.1 Å². The third-order valence-electron chi connectivity index (χ3n) is 6.06. The molecular formula is C27H32O. The second kappa shape index (κ2) is 7.54. The van der Waals surface area contributed by atoms with Crippen molar-refractivity contribution in [2.75, 3.05) is 0 Å². The Labute approximate surface area is 170 Å². The molecule has 0 saturated heterocycles. The van der Waals surface area contributed by atoms with Crippen molar-refractivity contribution in [3.05, 3.63) is 82.4 Å². The van der Waals surface area contributed by atoms with Crippen LogP contribution in [0.4, 0.5) is 0 Å². The molecule has 0 aliphatic heterocycles. The van der Waals surface area contributed by atoms with Crippen molar-refractivity contribution in [1.29, 1.82) is 0 Å². The molecule has 1 aliphatic carbocycles. The van der Waals surface area contributed by atoms with Gasteiger partial charge in [0.1, 0.15) is 0 Å². The first-order chi connectivity index (χ1) is 13.2. The van der Waals surface area contributed by atoms with E-state index in [0.717, 1.165) is 23.1 Å². The van der Waals surface area contributed by atoms with E-state index in [-0.39, 0.29) is 11.2 Å². The number of allylic oxidation sites excluding steroid dienone is 2. The summed E-state index contributed by atoms with van der Waals surface area (Å²) in [5.74, 6) is 0.675. The van der Waals surface area contributed by atoms with Crippen LogP contribution in [0.3, 0.4) is 0 Å². The fourth-order valence-corrected chi connectivity index (χ4v) is 4.18. The zero-order chi connectivity index (χ0) is 20.6. The van der Waals surface area contributed by atoms with Gasteiger partial charge < -0.3 is 0 Å². The third kappa shape index (κ3) is 3.63. The molecule has 0 radical (unpaired) electrons. The van der Waals surface area contributed by atoms with Gasteiger partial charge in [-0.25, -0.2) is 0 Å². The van der Waals surface area contributed by atoms with E-state index in [0.29, 0.717) is 12.3 Å². The van der Waals surface area contributed by atoms with Crippen LogP contribution < -0.4 is 0 Å². The quantitative estimate of drug-likeness (QED) is 0.501. The van der Waals surface area contributed by atoms with E-state index in [1.165, 1.54) is 27.8 Å². The van der Waals surface area contributed by atoms with Crippen LogP contribution in [0.25, 0.3) is 11.1 Å². The number of fused-ring (bicyclic) bond motifs is 1. The summed E-state index contributed by atoms with van der Waals surface area (Å²) in [7, 11) is 0. The number of ketones is 1. The van der Waals surface area contributed by atoms with E-state index in [1.807, 2.05) is 31.2 Å². The summed E-state index contributed by atoms with van der Waals surface area (Å²) in [4.78, 5) is 11.9. The maximum absolute atomic E-state index is 11.9. The summed E-state index contributed by atoms with van der Waals surface area (Å²) < 4.78 is 0. The second-order valence-corrected chi connectivity index (χ2v) is 8.95. The summed E-state index contributed by atoms with van der Waals surface area (Å²) in [6.45, 7) is 17.7. The van der Waals surface area contributed by atoms with E-state index in [9.17, 15) is 4.79 Å². The summed E-state index contributed by atoms with van der Waals surface area (Å²) >= 11 is 0. The molecule has 0 aromatic heterocycles. The largest absolute Gasteiger partial charge is 0.294 e. The number of Topliss-reactive ketones (excluding diaryl/α,β-unsaturated/α-hetero) is 1. The monoisotopic (exact) mass is 372 g/mol. The van der Waals surface area contributed by atoms with Crippen molar-refractivity contribution in [2.24, 2.45) is 5.92 Å². The summed E-state index contributed by atoms with van der Waals surface area (Å²) in [6, 6.07) is 12.6. The molecule has 2 aromatic carbocycles. The number of rotatable bonds is 5. The van der Waals surface area contributed by atoms with Crippen molar-refractivity contribution in [3.63, 3.8) is 0 Å². The molecule has 1 aliphatic rings. The van der Waals surface area contributed by atoms with Gasteiger partial charge in [-0.15, -0.1) is 0 Å². The lowest BCUT2D eigenvalue weighted by Crippen LogP contribution is -2.23. The maximum Gasteiger partial charge on any atom is 0.162 e. The van der Waals surface area contributed by atoms with Crippen LogP contribution in [0, 0.1) is 12.8 Å². The molecule has 28 heavy (non-hydrogen) atoms. The molecule has 3 rings (SSSR count). The van der Waals surface area contributed by atoms with Gasteiger partial charge in [-0.2, -0.15) is 0 Å². The van der Waals surface area contributed by atoms with Crippen molar-refractivity contribution < 1.29 is 4.79 Å². The van der Waals surface area contributed by atoms with Gasteiger partial charge in [-0.05, 0) is 69.7 Å². The smallest absolute Gasteiger partial charge is 0.162 e. The van der Waals surface area contributed by atoms with Crippen molar-refractivity contribution in [1.82, 2.24) is 0 Å². The highest BCUT2D eigenvalue weighted by molar-refractivity contribution is 5.96. The highest BCUT2D eigenvalue weighted by atomic mass is 16.1. The molecule has 0 N–H and O–H groups in total. The maximum atomic E-state index is 11.9. The minimum atomic E-state index is 0.153. The van der Waals surface area contributed by atoms with Crippen LogP contribution in [0.2, 0.25) is 0 Å². The van der Waals surface area contributed by atoms with Crippen molar-refractivity contribution in [2.45, 2.75) is 59.8 Å². The first-order valence-electron chi connectivity index (χ1n) is 10.3. The normalized spacial score (nSPS) is 15.2. The van der Waals surface area contributed by atoms with Gasteiger partial charge in [-0.1, -0.05) is 77.6 Å². The standard InChI is InChI=1S/C27H32O/c1-8-26(28)21-11-9-20(10-12-21)19(5)23-16-24-22(17(2)3)13-14-27(6,7)25(24)15-18(23)4/h9-13,15-17H,5,8,14H2,1-4,6-7H3. The van der Waals surface area contributed by atoms with Crippen molar-refractivity contribution >= 4 is 16.9 Å². The molecule has 0 bridgehead atoms. The lowest BCUT2D eigenvalue weighted by Gasteiger charge is -2.34. The predicted octanol–water partition coefficient (Wildman–Crippen LogP) is 7.37. The van der Waals surface area contributed by atoms with Crippen molar-refractivity contribution in [3.8, 4) is 0 Å². The zero-order valence-corrected chi connectivity index (χ0v) is 18.1. The number of benzene rings is 2. The molecule has 1 nitrogen and oxygen atoms in total. The van der Waals surface area contributed by atoms with Gasteiger partial charge in [0, 0.05) is 12.0 Å². The molecule has 2 aromatic rings. The Hall–Kier alpha value is -2.41. The minimum Gasteiger partial charge on any atom is -0.294 e. The molecular weight excluding hydrogens is 340 g/mol. The Morgan fingerprint density at radius 3 is 2.29 bits per heavy atom. The number of carbonyl (C=O) groups excluding carboxylic acids is 1. The minimum absolute atomic E-state index is 0.153. The molecule has 0 saturated carbocycles. The Bertz CT molecular complexity index is 953. The van der Waals surface area contributed by atoms with Crippen LogP contribution in [0.15, 0.2) is 49.1 Å². The number of carbonyl (C=O) groups is 1. The summed E-state index contributed by atoms with van der Waals surface area (Å²) in [6.07, 6.45) is 4.03. The third-order valence-corrected chi connectivity index (χ3v) is 6.06. The van der Waals surface area contributed by atoms with Crippen LogP contribution in [0.1, 0.15) is 85.6 Å². The summed E-state index contributed by atoms with van der Waals surface area (Å²) in [5, 5.41) is 0. The van der Waals surface area contributed by atoms with Gasteiger partial charge in [0.15, 0.2) is 5.78 Å². The Morgan fingerprint density at radius 1 is 1.11 bits per heavy atom. The molecule has 1 heteroatoms. The molecule has 0 fully saturated rings. The molecule has 0 atom stereocenters. The van der Waals surface area contributed by atoms with E-state index >= 15 is 0 Å². The van der Waals surface area contributed by atoms with Gasteiger partial charge in [0.2, 0.25) is 0 Å². The highest BCUT2D eigenvalue weighted by Crippen LogP contribution is 2.43. The first kappa shape index (κ1) is 20.3.